The van der Waals surface area contributed by atoms with Crippen molar-refractivity contribution < 1.29 is 18.3 Å². The smallest absolute Gasteiger partial charge is 0.319 e. The second-order valence-electron chi connectivity index (χ2n) is 7.80. The summed E-state index contributed by atoms with van der Waals surface area (Å²) >= 11 is 1.43. The molecule has 31 heavy (non-hydrogen) atoms. The van der Waals surface area contributed by atoms with E-state index in [-0.39, 0.29) is 29.9 Å². The van der Waals surface area contributed by atoms with Crippen LogP contribution in [0.2, 0.25) is 0 Å². The summed E-state index contributed by atoms with van der Waals surface area (Å²) < 4.78 is 32.0. The summed E-state index contributed by atoms with van der Waals surface area (Å²) in [6.07, 6.45) is 0. The predicted molar refractivity (Wildman–Crippen MR) is 122 cm³/mol. The third-order valence-electron chi connectivity index (χ3n) is 4.60. The van der Waals surface area contributed by atoms with Gasteiger partial charge in [0.05, 0.1) is 37.4 Å². The zero-order valence-electron chi connectivity index (χ0n) is 17.3. The Morgan fingerprint density at radius 3 is 2.48 bits per heavy atom. The number of rotatable bonds is 6. The topological polar surface area (TPSA) is 114 Å². The number of anilines is 2. The van der Waals surface area contributed by atoms with Crippen molar-refractivity contribution in [1.82, 2.24) is 15.0 Å². The molecule has 0 radical (unpaired) electrons. The predicted octanol–water partition coefficient (Wildman–Crippen LogP) is 3.93. The van der Waals surface area contributed by atoms with E-state index < -0.39 is 14.6 Å². The minimum absolute atomic E-state index is 0.0199. The maximum absolute atomic E-state index is 13.3. The SMILES string of the molecule is CC(C)(C)S(=O)(=O)c1cccc2nc(OCCO)nc(Nc3nc4ccccc4s3)c12. The van der Waals surface area contributed by atoms with Crippen molar-refractivity contribution in [3.05, 3.63) is 42.5 Å². The Morgan fingerprint density at radius 1 is 1.03 bits per heavy atom. The Bertz CT molecular complexity index is 1330. The molecule has 0 amide bonds. The van der Waals surface area contributed by atoms with E-state index in [1.54, 1.807) is 39.0 Å². The number of hydrogen-bond donors (Lipinski definition) is 2. The van der Waals surface area contributed by atoms with Crippen LogP contribution < -0.4 is 10.1 Å². The van der Waals surface area contributed by atoms with Gasteiger partial charge < -0.3 is 15.2 Å². The first-order valence-corrected chi connectivity index (χ1v) is 11.9. The molecule has 4 rings (SSSR count). The van der Waals surface area contributed by atoms with Gasteiger partial charge in [-0.25, -0.2) is 13.4 Å². The van der Waals surface area contributed by atoms with E-state index in [4.69, 9.17) is 9.84 Å². The first kappa shape index (κ1) is 21.4. The maximum atomic E-state index is 13.3. The van der Waals surface area contributed by atoms with Crippen molar-refractivity contribution in [1.29, 1.82) is 0 Å². The minimum atomic E-state index is -3.69. The normalized spacial score (nSPS) is 12.4. The van der Waals surface area contributed by atoms with Gasteiger partial charge in [-0.05, 0) is 45.0 Å². The summed E-state index contributed by atoms with van der Waals surface area (Å²) in [5, 5.41) is 13.2. The van der Waals surface area contributed by atoms with Gasteiger partial charge in [0.25, 0.3) is 0 Å². The molecule has 2 heterocycles. The summed E-state index contributed by atoms with van der Waals surface area (Å²) in [6, 6.07) is 12.6. The molecule has 162 valence electrons. The second kappa shape index (κ2) is 8.03. The van der Waals surface area contributed by atoms with E-state index >= 15 is 0 Å². The standard InChI is InChI=1S/C21H22N4O4S2/c1-21(2,3)31(27,28)16-10-6-8-14-17(16)18(24-19(22-14)29-12-11-26)25-20-23-13-7-4-5-9-15(13)30-20/h4-10,26H,11-12H2,1-3H3,(H,22,23,24,25). The van der Waals surface area contributed by atoms with E-state index in [1.807, 2.05) is 24.3 Å². The lowest BCUT2D eigenvalue weighted by molar-refractivity contribution is 0.192. The third-order valence-corrected chi connectivity index (χ3v) is 8.09. The fraction of sp³-hybridized carbons (Fsp3) is 0.286. The maximum Gasteiger partial charge on any atom is 0.319 e. The lowest BCUT2D eigenvalue weighted by atomic mass is 10.2. The van der Waals surface area contributed by atoms with Crippen LogP contribution in [0.1, 0.15) is 20.8 Å². The molecule has 0 unspecified atom stereocenters. The van der Waals surface area contributed by atoms with Gasteiger partial charge in [-0.2, -0.15) is 9.97 Å². The van der Waals surface area contributed by atoms with Gasteiger partial charge in [-0.1, -0.05) is 29.5 Å². The highest BCUT2D eigenvalue weighted by Crippen LogP contribution is 2.37. The third kappa shape index (κ3) is 4.06. The summed E-state index contributed by atoms with van der Waals surface area (Å²) in [5.41, 5.74) is 1.24. The van der Waals surface area contributed by atoms with Crippen LogP contribution >= 0.6 is 11.3 Å². The number of nitrogens with zero attached hydrogens (tertiary/aromatic N) is 3. The summed E-state index contributed by atoms with van der Waals surface area (Å²) in [5.74, 6) is 0.278. The number of thiazole rings is 1. The van der Waals surface area contributed by atoms with Crippen molar-refractivity contribution in [3.8, 4) is 6.01 Å². The Labute approximate surface area is 183 Å². The Kier molecular flexibility index (Phi) is 5.54. The van der Waals surface area contributed by atoms with E-state index in [0.717, 1.165) is 10.2 Å². The lowest BCUT2D eigenvalue weighted by Gasteiger charge is -2.21. The van der Waals surface area contributed by atoms with Crippen LogP contribution in [0, 0.1) is 0 Å². The molecular weight excluding hydrogens is 436 g/mol. The summed E-state index contributed by atoms with van der Waals surface area (Å²) in [7, 11) is -3.69. The largest absolute Gasteiger partial charge is 0.461 e. The average Bonchev–Trinajstić information content (AvgIpc) is 3.13. The first-order chi connectivity index (χ1) is 14.7. The molecule has 4 aromatic rings. The molecule has 0 aliphatic rings. The van der Waals surface area contributed by atoms with Crippen LogP contribution in [0.4, 0.5) is 10.9 Å². The highest BCUT2D eigenvalue weighted by molar-refractivity contribution is 7.93. The molecular formula is C21H22N4O4S2. The fourth-order valence-corrected chi connectivity index (χ4v) is 5.26. The molecule has 0 fully saturated rings. The minimum Gasteiger partial charge on any atom is -0.461 e. The molecule has 10 heteroatoms. The van der Waals surface area contributed by atoms with Crippen molar-refractivity contribution in [3.63, 3.8) is 0 Å². The van der Waals surface area contributed by atoms with Crippen LogP contribution in [0.15, 0.2) is 47.4 Å². The van der Waals surface area contributed by atoms with E-state index in [0.29, 0.717) is 16.0 Å². The van der Waals surface area contributed by atoms with Crippen molar-refractivity contribution in [2.75, 3.05) is 18.5 Å². The fourth-order valence-electron chi connectivity index (χ4n) is 3.00. The number of aromatic nitrogens is 3. The number of aliphatic hydroxyl groups excluding tert-OH is 1. The number of hydrogen-bond acceptors (Lipinski definition) is 9. The van der Waals surface area contributed by atoms with Gasteiger partial charge in [0, 0.05) is 0 Å². The lowest BCUT2D eigenvalue weighted by Crippen LogP contribution is -2.28. The van der Waals surface area contributed by atoms with Gasteiger partial charge in [-0.3, -0.25) is 0 Å². The van der Waals surface area contributed by atoms with Crippen molar-refractivity contribution in [2.24, 2.45) is 0 Å². The molecule has 2 N–H and O–H groups in total. The Morgan fingerprint density at radius 2 is 1.77 bits per heavy atom. The number of sulfone groups is 1. The average molecular weight is 459 g/mol. The quantitative estimate of drug-likeness (QED) is 0.447. The summed E-state index contributed by atoms with van der Waals surface area (Å²) in [4.78, 5) is 13.5. The molecule has 0 aliphatic carbocycles. The number of fused-ring (bicyclic) bond motifs is 2. The van der Waals surface area contributed by atoms with Crippen LogP contribution in [-0.2, 0) is 9.84 Å². The number of benzene rings is 2. The zero-order chi connectivity index (χ0) is 22.2. The second-order valence-corrected chi connectivity index (χ2v) is 11.5. The molecule has 0 saturated carbocycles. The van der Waals surface area contributed by atoms with E-state index in [2.05, 4.69) is 20.3 Å². The van der Waals surface area contributed by atoms with Crippen LogP contribution in [0.3, 0.4) is 0 Å². The number of para-hydroxylation sites is 1. The van der Waals surface area contributed by atoms with Gasteiger partial charge in [-0.15, -0.1) is 0 Å². The molecule has 0 spiro atoms. The van der Waals surface area contributed by atoms with Crippen LogP contribution in [0.5, 0.6) is 6.01 Å². The van der Waals surface area contributed by atoms with Crippen LogP contribution in [0.25, 0.3) is 21.1 Å². The molecule has 0 atom stereocenters. The molecule has 0 saturated heterocycles. The number of ether oxygens (including phenoxy) is 1. The summed E-state index contributed by atoms with van der Waals surface area (Å²) in [6.45, 7) is 4.79. The molecule has 2 aromatic heterocycles. The van der Waals surface area contributed by atoms with Crippen molar-refractivity contribution in [2.45, 2.75) is 30.4 Å². The zero-order valence-corrected chi connectivity index (χ0v) is 18.9. The number of nitrogens with one attached hydrogen (secondary N) is 1. The molecule has 2 aromatic carbocycles. The monoisotopic (exact) mass is 458 g/mol. The highest BCUT2D eigenvalue weighted by atomic mass is 32.2. The molecule has 8 nitrogen and oxygen atoms in total. The van der Waals surface area contributed by atoms with Crippen molar-refractivity contribution >= 4 is 53.2 Å². The van der Waals surface area contributed by atoms with Gasteiger partial charge in [0.15, 0.2) is 15.0 Å². The van der Waals surface area contributed by atoms with Crippen LogP contribution in [-0.4, -0.2) is 46.4 Å². The van der Waals surface area contributed by atoms with Gasteiger partial charge in [0.2, 0.25) is 0 Å². The van der Waals surface area contributed by atoms with E-state index in [1.165, 1.54) is 11.3 Å². The first-order valence-electron chi connectivity index (χ1n) is 9.62. The van der Waals surface area contributed by atoms with Gasteiger partial charge >= 0.3 is 6.01 Å². The molecule has 0 aliphatic heterocycles. The number of aliphatic hydroxyl groups is 1. The Balaban J connectivity index is 1.93. The Hall–Kier alpha value is -2.82. The highest BCUT2D eigenvalue weighted by Gasteiger charge is 2.33. The van der Waals surface area contributed by atoms with E-state index in [9.17, 15) is 8.42 Å². The van der Waals surface area contributed by atoms with Gasteiger partial charge in [0.1, 0.15) is 12.4 Å². The molecule has 0 bridgehead atoms.